The molecule has 0 radical (unpaired) electrons. The predicted octanol–water partition coefficient (Wildman–Crippen LogP) is 3.93. The van der Waals surface area contributed by atoms with E-state index >= 15 is 0 Å². The van der Waals surface area contributed by atoms with Crippen LogP contribution in [0, 0.1) is 0 Å². The molecule has 0 bridgehead atoms. The number of hydrogen-bond acceptors (Lipinski definition) is 2. The van der Waals surface area contributed by atoms with E-state index in [9.17, 15) is 4.79 Å². The number of carbonyl (C=O) groups is 1. The molecule has 128 valence electrons. The first kappa shape index (κ1) is 18.0. The summed E-state index contributed by atoms with van der Waals surface area (Å²) < 4.78 is 0. The van der Waals surface area contributed by atoms with Crippen molar-refractivity contribution in [2.45, 2.75) is 57.9 Å². The average molecular weight is 316 g/mol. The Morgan fingerprint density at radius 1 is 1.17 bits per heavy atom. The largest absolute Gasteiger partial charge is 0.336 e. The molecule has 0 aromatic heterocycles. The highest BCUT2D eigenvalue weighted by molar-refractivity contribution is 5.94. The normalized spacial score (nSPS) is 19.2. The monoisotopic (exact) mass is 316 g/mol. The van der Waals surface area contributed by atoms with Gasteiger partial charge in [0.1, 0.15) is 0 Å². The van der Waals surface area contributed by atoms with Gasteiger partial charge in [-0.25, -0.2) is 0 Å². The molecular formula is C20H32N2O. The minimum Gasteiger partial charge on any atom is -0.336 e. The third-order valence-electron chi connectivity index (χ3n) is 4.80. The summed E-state index contributed by atoms with van der Waals surface area (Å²) in [5.41, 5.74) is 2.23. The van der Waals surface area contributed by atoms with Crippen molar-refractivity contribution in [3.8, 4) is 0 Å². The number of benzene rings is 1. The highest BCUT2D eigenvalue weighted by Crippen LogP contribution is 2.25. The summed E-state index contributed by atoms with van der Waals surface area (Å²) in [6, 6.07) is 8.60. The number of carbonyl (C=O) groups excluding carboxylic acids is 1. The van der Waals surface area contributed by atoms with Crippen LogP contribution in [0.4, 0.5) is 0 Å². The fraction of sp³-hybridized carbons (Fsp3) is 0.650. The molecule has 1 fully saturated rings. The lowest BCUT2D eigenvalue weighted by atomic mass is 9.86. The van der Waals surface area contributed by atoms with Gasteiger partial charge in [-0.2, -0.15) is 0 Å². The Balaban J connectivity index is 2.10. The van der Waals surface area contributed by atoms with Gasteiger partial charge in [0.2, 0.25) is 0 Å². The molecule has 1 aliphatic heterocycles. The lowest BCUT2D eigenvalue weighted by Crippen LogP contribution is -2.44. The summed E-state index contributed by atoms with van der Waals surface area (Å²) in [4.78, 5) is 17.2. The Labute approximate surface area is 141 Å². The number of amides is 1. The summed E-state index contributed by atoms with van der Waals surface area (Å²) in [6.45, 7) is 8.54. The molecule has 3 nitrogen and oxygen atoms in total. The van der Waals surface area contributed by atoms with Crippen LogP contribution < -0.4 is 0 Å². The standard InChI is InChI=1S/C20H32N2O/c1-20(2,3)17-11-9-16(10-12-17)19(23)22-14-7-6-8-18(22)13-15-21(4)5/h9-12,18H,6-8,13-15H2,1-5H3. The smallest absolute Gasteiger partial charge is 0.254 e. The van der Waals surface area contributed by atoms with E-state index < -0.39 is 0 Å². The third kappa shape index (κ3) is 4.81. The highest BCUT2D eigenvalue weighted by atomic mass is 16.2. The third-order valence-corrected chi connectivity index (χ3v) is 4.80. The summed E-state index contributed by atoms with van der Waals surface area (Å²) >= 11 is 0. The van der Waals surface area contributed by atoms with Crippen molar-refractivity contribution >= 4 is 5.91 Å². The molecule has 3 heteroatoms. The van der Waals surface area contributed by atoms with Crippen molar-refractivity contribution in [3.05, 3.63) is 35.4 Å². The van der Waals surface area contributed by atoms with Gasteiger partial charge < -0.3 is 9.80 Å². The molecule has 0 spiro atoms. The van der Waals surface area contributed by atoms with Gasteiger partial charge in [0.05, 0.1) is 0 Å². The first-order valence-corrected chi connectivity index (χ1v) is 8.85. The lowest BCUT2D eigenvalue weighted by molar-refractivity contribution is 0.0591. The summed E-state index contributed by atoms with van der Waals surface area (Å²) in [5.74, 6) is 0.203. The zero-order valence-corrected chi connectivity index (χ0v) is 15.4. The molecule has 2 rings (SSSR count). The van der Waals surface area contributed by atoms with Crippen molar-refractivity contribution < 1.29 is 4.79 Å². The van der Waals surface area contributed by atoms with Crippen molar-refractivity contribution in [2.75, 3.05) is 27.2 Å². The molecule has 1 amide bonds. The molecule has 1 unspecified atom stereocenters. The quantitative estimate of drug-likeness (QED) is 0.840. The van der Waals surface area contributed by atoms with E-state index in [1.54, 1.807) is 0 Å². The molecule has 1 saturated heterocycles. The van der Waals surface area contributed by atoms with Crippen LogP contribution in [0.15, 0.2) is 24.3 Å². The van der Waals surface area contributed by atoms with E-state index in [-0.39, 0.29) is 11.3 Å². The van der Waals surface area contributed by atoms with Crippen LogP contribution in [-0.2, 0) is 5.41 Å². The Hall–Kier alpha value is -1.35. The molecule has 23 heavy (non-hydrogen) atoms. The molecule has 1 aromatic rings. The number of nitrogens with zero attached hydrogens (tertiary/aromatic N) is 2. The second kappa shape index (κ2) is 7.48. The van der Waals surface area contributed by atoms with Crippen molar-refractivity contribution in [1.82, 2.24) is 9.80 Å². The summed E-state index contributed by atoms with van der Waals surface area (Å²) in [6.07, 6.45) is 4.58. The second-order valence-electron chi connectivity index (χ2n) is 8.07. The number of likely N-dealkylation sites (tertiary alicyclic amines) is 1. The lowest BCUT2D eigenvalue weighted by Gasteiger charge is -2.36. The second-order valence-corrected chi connectivity index (χ2v) is 8.07. The molecule has 0 N–H and O–H groups in total. The Morgan fingerprint density at radius 3 is 2.39 bits per heavy atom. The van der Waals surface area contributed by atoms with Gasteiger partial charge >= 0.3 is 0 Å². The Bertz CT molecular complexity index is 513. The molecule has 0 saturated carbocycles. The van der Waals surface area contributed by atoms with E-state index in [2.05, 4.69) is 56.8 Å². The van der Waals surface area contributed by atoms with Gasteiger partial charge in [0.15, 0.2) is 0 Å². The van der Waals surface area contributed by atoms with Crippen LogP contribution in [0.3, 0.4) is 0 Å². The minimum absolute atomic E-state index is 0.126. The van der Waals surface area contributed by atoms with Gasteiger partial charge in [-0.1, -0.05) is 32.9 Å². The zero-order chi connectivity index (χ0) is 17.0. The zero-order valence-electron chi connectivity index (χ0n) is 15.4. The summed E-state index contributed by atoms with van der Waals surface area (Å²) in [7, 11) is 4.19. The topological polar surface area (TPSA) is 23.6 Å². The molecule has 1 heterocycles. The van der Waals surface area contributed by atoms with Gasteiger partial charge in [0.25, 0.3) is 5.91 Å². The maximum absolute atomic E-state index is 12.9. The molecule has 1 aromatic carbocycles. The van der Waals surface area contributed by atoms with Gasteiger partial charge in [0, 0.05) is 18.2 Å². The molecule has 1 atom stereocenters. The molecule has 1 aliphatic rings. The fourth-order valence-corrected chi connectivity index (χ4v) is 3.25. The maximum atomic E-state index is 12.9. The molecule has 0 aliphatic carbocycles. The van der Waals surface area contributed by atoms with Crippen molar-refractivity contribution in [3.63, 3.8) is 0 Å². The number of hydrogen-bond donors (Lipinski definition) is 0. The van der Waals surface area contributed by atoms with E-state index in [0.717, 1.165) is 37.9 Å². The SMILES string of the molecule is CN(C)CCC1CCCCN1C(=O)c1ccc(C(C)(C)C)cc1. The Kier molecular flexibility index (Phi) is 5.85. The van der Waals surface area contributed by atoms with E-state index in [4.69, 9.17) is 0 Å². The first-order chi connectivity index (χ1) is 10.8. The number of piperidine rings is 1. The van der Waals surface area contributed by atoms with Crippen molar-refractivity contribution in [2.24, 2.45) is 0 Å². The van der Waals surface area contributed by atoms with E-state index in [1.165, 1.54) is 12.0 Å². The van der Waals surface area contributed by atoms with Crippen LogP contribution in [0.1, 0.15) is 62.4 Å². The summed E-state index contributed by atoms with van der Waals surface area (Å²) in [5, 5.41) is 0. The van der Waals surface area contributed by atoms with Crippen LogP contribution >= 0.6 is 0 Å². The van der Waals surface area contributed by atoms with Crippen LogP contribution in [0.2, 0.25) is 0 Å². The minimum atomic E-state index is 0.126. The van der Waals surface area contributed by atoms with Crippen LogP contribution in [-0.4, -0.2) is 48.9 Å². The first-order valence-electron chi connectivity index (χ1n) is 8.85. The van der Waals surface area contributed by atoms with Crippen LogP contribution in [0.25, 0.3) is 0 Å². The molecular weight excluding hydrogens is 284 g/mol. The van der Waals surface area contributed by atoms with Gasteiger partial charge in [-0.3, -0.25) is 4.79 Å². The number of rotatable bonds is 4. The maximum Gasteiger partial charge on any atom is 0.254 e. The fourth-order valence-electron chi connectivity index (χ4n) is 3.25. The van der Waals surface area contributed by atoms with E-state index in [0.29, 0.717) is 6.04 Å². The highest BCUT2D eigenvalue weighted by Gasteiger charge is 2.27. The average Bonchev–Trinajstić information content (AvgIpc) is 2.52. The van der Waals surface area contributed by atoms with Crippen molar-refractivity contribution in [1.29, 1.82) is 0 Å². The van der Waals surface area contributed by atoms with Gasteiger partial charge in [-0.15, -0.1) is 0 Å². The van der Waals surface area contributed by atoms with Crippen LogP contribution in [0.5, 0.6) is 0 Å². The Morgan fingerprint density at radius 2 is 1.83 bits per heavy atom. The predicted molar refractivity (Wildman–Crippen MR) is 97.0 cm³/mol. The van der Waals surface area contributed by atoms with E-state index in [1.807, 2.05) is 12.1 Å². The van der Waals surface area contributed by atoms with Gasteiger partial charge in [-0.05, 0) is 69.4 Å².